The fourth-order valence-electron chi connectivity index (χ4n) is 4.56. The van der Waals surface area contributed by atoms with Crippen LogP contribution in [0.4, 0.5) is 5.69 Å². The first kappa shape index (κ1) is 35.3. The van der Waals surface area contributed by atoms with Crippen LogP contribution in [0, 0.1) is 0 Å². The zero-order valence-corrected chi connectivity index (χ0v) is 27.9. The predicted octanol–water partition coefficient (Wildman–Crippen LogP) is 4.90. The number of sulfonamides is 1. The molecule has 1 N–H and O–H groups in total. The van der Waals surface area contributed by atoms with Crippen molar-refractivity contribution in [1.29, 1.82) is 0 Å². The van der Waals surface area contributed by atoms with E-state index in [-0.39, 0.29) is 34.5 Å². The lowest BCUT2D eigenvalue weighted by Gasteiger charge is -2.32. The predicted molar refractivity (Wildman–Crippen MR) is 173 cm³/mol. The van der Waals surface area contributed by atoms with Crippen LogP contribution in [0.25, 0.3) is 0 Å². The van der Waals surface area contributed by atoms with Crippen molar-refractivity contribution in [2.24, 2.45) is 0 Å². The third kappa shape index (κ3) is 8.73. The second-order valence-electron chi connectivity index (χ2n) is 10.0. The molecule has 0 radical (unpaired) electrons. The Bertz CT molecular complexity index is 1580. The molecular weight excluding hydrogens is 622 g/mol. The number of benzene rings is 3. The Hall–Kier alpha value is -4.16. The van der Waals surface area contributed by atoms with Crippen molar-refractivity contribution in [2.75, 3.05) is 45.8 Å². The molecule has 0 aliphatic heterocycles. The van der Waals surface area contributed by atoms with Crippen LogP contribution in [-0.4, -0.2) is 72.7 Å². The van der Waals surface area contributed by atoms with Crippen molar-refractivity contribution >= 4 is 39.1 Å². The second-order valence-corrected chi connectivity index (χ2v) is 12.3. The number of unbranched alkanes of at least 4 members (excludes halogenated alkanes) is 1. The van der Waals surface area contributed by atoms with Crippen LogP contribution in [0.15, 0.2) is 65.6 Å². The number of nitrogens with one attached hydrogen (secondary N) is 1. The lowest BCUT2D eigenvalue weighted by molar-refractivity contribution is -0.139. The molecule has 0 saturated heterocycles. The van der Waals surface area contributed by atoms with Gasteiger partial charge in [0, 0.05) is 30.2 Å². The molecule has 13 heteroatoms. The minimum Gasteiger partial charge on any atom is -0.497 e. The Kier molecular flexibility index (Phi) is 12.7. The number of hydrogen-bond donors (Lipinski definition) is 1. The van der Waals surface area contributed by atoms with E-state index in [0.29, 0.717) is 28.6 Å². The van der Waals surface area contributed by atoms with E-state index < -0.39 is 28.5 Å². The Morgan fingerprint density at radius 3 is 2.20 bits per heavy atom. The van der Waals surface area contributed by atoms with Crippen LogP contribution in [0.2, 0.25) is 5.02 Å². The largest absolute Gasteiger partial charge is 0.497 e. The fourth-order valence-corrected chi connectivity index (χ4v) is 6.21. The van der Waals surface area contributed by atoms with Gasteiger partial charge < -0.3 is 29.2 Å². The van der Waals surface area contributed by atoms with Crippen LogP contribution in [0.3, 0.4) is 0 Å². The minimum atomic E-state index is -4.45. The lowest BCUT2D eigenvalue weighted by Crippen LogP contribution is -2.51. The van der Waals surface area contributed by atoms with E-state index in [1.54, 1.807) is 43.3 Å². The van der Waals surface area contributed by atoms with E-state index in [1.165, 1.54) is 57.6 Å². The summed E-state index contributed by atoms with van der Waals surface area (Å²) in [5.41, 5.74) is 0.722. The Morgan fingerprint density at radius 1 is 0.889 bits per heavy atom. The van der Waals surface area contributed by atoms with E-state index in [2.05, 4.69) is 5.32 Å². The van der Waals surface area contributed by atoms with Gasteiger partial charge in [0.05, 0.1) is 39.0 Å². The number of rotatable bonds is 16. The second kappa shape index (κ2) is 16.2. The van der Waals surface area contributed by atoms with Gasteiger partial charge >= 0.3 is 0 Å². The number of halogens is 1. The van der Waals surface area contributed by atoms with Crippen LogP contribution in [0.5, 0.6) is 23.0 Å². The molecule has 3 rings (SSSR count). The first-order valence-electron chi connectivity index (χ1n) is 14.3. The number of ether oxygens (including phenoxy) is 4. The first-order chi connectivity index (χ1) is 21.5. The number of carbonyl (C=O) groups excluding carboxylic acids is 2. The summed E-state index contributed by atoms with van der Waals surface area (Å²) in [5, 5.41) is 3.32. The number of nitrogens with zero attached hydrogens (tertiary/aromatic N) is 2. The van der Waals surface area contributed by atoms with E-state index >= 15 is 0 Å². The molecule has 0 spiro atoms. The molecule has 0 saturated carbocycles. The van der Waals surface area contributed by atoms with Gasteiger partial charge in [-0.25, -0.2) is 8.42 Å². The Morgan fingerprint density at radius 2 is 1.58 bits per heavy atom. The molecule has 244 valence electrons. The molecule has 0 aromatic heterocycles. The van der Waals surface area contributed by atoms with Crippen molar-refractivity contribution in [3.63, 3.8) is 0 Å². The third-order valence-electron chi connectivity index (χ3n) is 7.12. The molecule has 0 aliphatic rings. The summed E-state index contributed by atoms with van der Waals surface area (Å²) in [6.07, 6.45) is 1.65. The van der Waals surface area contributed by atoms with Gasteiger partial charge in [0.15, 0.2) is 11.5 Å². The highest BCUT2D eigenvalue weighted by Crippen LogP contribution is 2.37. The van der Waals surface area contributed by atoms with E-state index in [9.17, 15) is 18.0 Å². The number of methoxy groups -OCH3 is 4. The van der Waals surface area contributed by atoms with E-state index in [4.69, 9.17) is 30.5 Å². The number of amides is 2. The topological polar surface area (TPSA) is 124 Å². The maximum atomic E-state index is 14.4. The normalized spacial score (nSPS) is 11.7. The molecule has 0 heterocycles. The van der Waals surface area contributed by atoms with E-state index in [1.807, 2.05) is 6.92 Å². The molecule has 0 fully saturated rings. The zero-order valence-electron chi connectivity index (χ0n) is 26.3. The van der Waals surface area contributed by atoms with Crippen molar-refractivity contribution in [3.05, 3.63) is 71.2 Å². The minimum absolute atomic E-state index is 0.00124. The fraction of sp³-hybridized carbons (Fsp3) is 0.375. The highest BCUT2D eigenvalue weighted by molar-refractivity contribution is 7.92. The van der Waals surface area contributed by atoms with Gasteiger partial charge in [-0.3, -0.25) is 13.9 Å². The summed E-state index contributed by atoms with van der Waals surface area (Å²) in [6, 6.07) is 14.7. The monoisotopic (exact) mass is 661 g/mol. The molecule has 0 bridgehead atoms. The van der Waals surface area contributed by atoms with Crippen molar-refractivity contribution in [2.45, 2.75) is 44.2 Å². The maximum absolute atomic E-state index is 14.4. The average Bonchev–Trinajstić information content (AvgIpc) is 3.04. The molecule has 3 aromatic carbocycles. The van der Waals surface area contributed by atoms with Gasteiger partial charge in [0.2, 0.25) is 11.8 Å². The van der Waals surface area contributed by atoms with Crippen molar-refractivity contribution in [1.82, 2.24) is 10.2 Å². The Balaban J connectivity index is 2.15. The first-order valence-corrected chi connectivity index (χ1v) is 16.1. The smallest absolute Gasteiger partial charge is 0.265 e. The molecule has 1 atom stereocenters. The van der Waals surface area contributed by atoms with Gasteiger partial charge in [0.1, 0.15) is 24.1 Å². The highest BCUT2D eigenvalue weighted by atomic mass is 35.5. The number of anilines is 1. The van der Waals surface area contributed by atoms with Gasteiger partial charge in [-0.05, 0) is 55.3 Å². The van der Waals surface area contributed by atoms with Crippen molar-refractivity contribution < 1.29 is 37.0 Å². The lowest BCUT2D eigenvalue weighted by atomic mass is 10.1. The molecular formula is C32H40ClN3O8S. The maximum Gasteiger partial charge on any atom is 0.265 e. The molecule has 0 unspecified atom stereocenters. The highest BCUT2D eigenvalue weighted by Gasteiger charge is 2.34. The molecule has 3 aromatic rings. The van der Waals surface area contributed by atoms with Crippen LogP contribution >= 0.6 is 11.6 Å². The molecule has 11 nitrogen and oxygen atoms in total. The summed E-state index contributed by atoms with van der Waals surface area (Å²) in [6.45, 7) is 3.38. The molecule has 2 amide bonds. The van der Waals surface area contributed by atoms with E-state index in [0.717, 1.165) is 17.1 Å². The molecule has 0 aliphatic carbocycles. The van der Waals surface area contributed by atoms with Gasteiger partial charge in [-0.15, -0.1) is 0 Å². The summed E-state index contributed by atoms with van der Waals surface area (Å²) < 4.78 is 51.2. The summed E-state index contributed by atoms with van der Waals surface area (Å²) >= 11 is 6.22. The van der Waals surface area contributed by atoms with Crippen LogP contribution < -0.4 is 28.6 Å². The zero-order chi connectivity index (χ0) is 33.1. The van der Waals surface area contributed by atoms with Crippen LogP contribution in [-0.2, 0) is 26.2 Å². The van der Waals surface area contributed by atoms with Gasteiger partial charge in [0.25, 0.3) is 10.0 Å². The Labute approximate surface area is 270 Å². The number of hydrogen-bond acceptors (Lipinski definition) is 8. The number of carbonyl (C=O) groups is 2. The third-order valence-corrected chi connectivity index (χ3v) is 9.11. The van der Waals surface area contributed by atoms with Gasteiger partial charge in [-0.2, -0.15) is 0 Å². The van der Waals surface area contributed by atoms with Crippen molar-refractivity contribution in [3.8, 4) is 23.0 Å². The average molecular weight is 662 g/mol. The summed E-state index contributed by atoms with van der Waals surface area (Å²) in [4.78, 5) is 28.6. The molecule has 45 heavy (non-hydrogen) atoms. The summed E-state index contributed by atoms with van der Waals surface area (Å²) in [7, 11) is 1.21. The van der Waals surface area contributed by atoms with Gasteiger partial charge in [-0.1, -0.05) is 37.1 Å². The quantitative estimate of drug-likeness (QED) is 0.215. The SMILES string of the molecule is CCCCNC(=O)[C@H](C)N(Cc1cccc(Cl)c1)C(=O)CN(c1cc(OC)ccc1OC)S(=O)(=O)c1ccc(OC)c(OC)c1. The summed E-state index contributed by atoms with van der Waals surface area (Å²) in [5.74, 6) is 0.0230. The standard InChI is InChI=1S/C32H40ClN3O8S/c1-7-8-16-34-32(38)22(2)35(20-23-10-9-11-24(33)17-23)31(37)21-36(27-18-25(41-3)12-14-28(27)42-4)45(39,40)26-13-15-29(43-5)30(19-26)44-6/h9-15,17-19,22H,7-8,16,20-21H2,1-6H3,(H,34,38)/t22-/m0/s1. The van der Waals surface area contributed by atoms with Crippen LogP contribution in [0.1, 0.15) is 32.3 Å².